The van der Waals surface area contributed by atoms with Gasteiger partial charge in [0.25, 0.3) is 0 Å². The van der Waals surface area contributed by atoms with Gasteiger partial charge >= 0.3 is 0 Å². The number of carbonyl (C=O) groups is 1. The Morgan fingerprint density at radius 3 is 2.53 bits per heavy atom. The molecule has 1 fully saturated rings. The van der Waals surface area contributed by atoms with Crippen molar-refractivity contribution in [1.82, 2.24) is 25.1 Å². The number of piperidine rings is 1. The van der Waals surface area contributed by atoms with Crippen molar-refractivity contribution in [3.63, 3.8) is 0 Å². The molecule has 4 aromatic rings. The van der Waals surface area contributed by atoms with E-state index in [1.807, 2.05) is 51.1 Å². The Kier molecular flexibility index (Phi) is 8.56. The van der Waals surface area contributed by atoms with Crippen LogP contribution < -0.4 is 24.6 Å². The second-order valence-electron chi connectivity index (χ2n) is 11.8. The van der Waals surface area contributed by atoms with Gasteiger partial charge in [-0.05, 0) is 57.9 Å². The van der Waals surface area contributed by atoms with Crippen LogP contribution in [0.4, 0.5) is 17.3 Å². The first kappa shape index (κ1) is 30.7. The molecule has 0 aliphatic carbocycles. The van der Waals surface area contributed by atoms with Gasteiger partial charge in [-0.15, -0.1) is 10.2 Å². The van der Waals surface area contributed by atoms with E-state index in [4.69, 9.17) is 19.4 Å². The van der Waals surface area contributed by atoms with Crippen LogP contribution in [0.1, 0.15) is 54.4 Å². The van der Waals surface area contributed by atoms with Gasteiger partial charge in [0.05, 0.1) is 49.7 Å². The largest absolute Gasteiger partial charge is 0.497 e. The lowest BCUT2D eigenvalue weighted by molar-refractivity contribution is -0.122. The summed E-state index contributed by atoms with van der Waals surface area (Å²) in [6.07, 6.45) is 3.25. The van der Waals surface area contributed by atoms with Gasteiger partial charge in [-0.1, -0.05) is 11.3 Å². The number of carbonyl (C=O) groups excluding carboxylic acids is 1. The van der Waals surface area contributed by atoms with Crippen molar-refractivity contribution in [2.24, 2.45) is 0 Å². The predicted molar refractivity (Wildman–Crippen MR) is 173 cm³/mol. The molecule has 1 aromatic carbocycles. The number of aromatic nitrogens is 5. The van der Waals surface area contributed by atoms with Gasteiger partial charge in [0.2, 0.25) is 5.91 Å². The zero-order valence-electron chi connectivity index (χ0n) is 26.2. The molecule has 236 valence electrons. The molecule has 0 radical (unpaired) electrons. The standard InChI is InChI=1S/C32H38N8O4S/c1-19-37-38-30(45-19)24-9-8-23(33-12-15-41)27(36-24)20-10-13-39(14-11-20)28-26-29(35-18-34-28)40(31(42)32(26,2)3)17-21-6-7-22(43-4)16-25(21)44-5/h6-9,16,18,20,33,41H,10-15,17H2,1-5H3. The lowest BCUT2D eigenvalue weighted by atomic mass is 9.86. The Bertz CT molecular complexity index is 1700. The van der Waals surface area contributed by atoms with Gasteiger partial charge in [0, 0.05) is 37.2 Å². The van der Waals surface area contributed by atoms with Crippen molar-refractivity contribution in [3.05, 3.63) is 58.5 Å². The van der Waals surface area contributed by atoms with Crippen LogP contribution >= 0.6 is 11.3 Å². The van der Waals surface area contributed by atoms with E-state index in [1.165, 1.54) is 11.3 Å². The predicted octanol–water partition coefficient (Wildman–Crippen LogP) is 4.33. The molecule has 0 bridgehead atoms. The summed E-state index contributed by atoms with van der Waals surface area (Å²) >= 11 is 1.52. The van der Waals surface area contributed by atoms with Crippen LogP contribution in [-0.2, 0) is 16.8 Å². The number of methoxy groups -OCH3 is 2. The van der Waals surface area contributed by atoms with Gasteiger partial charge in [-0.25, -0.2) is 15.0 Å². The molecule has 5 heterocycles. The molecule has 1 amide bonds. The van der Waals surface area contributed by atoms with Crippen molar-refractivity contribution in [2.45, 2.75) is 51.5 Å². The highest BCUT2D eigenvalue weighted by molar-refractivity contribution is 7.14. The number of aliphatic hydroxyl groups excluding tert-OH is 1. The third-order valence-corrected chi connectivity index (χ3v) is 9.43. The van der Waals surface area contributed by atoms with Gasteiger partial charge < -0.3 is 24.8 Å². The first-order valence-corrected chi connectivity index (χ1v) is 15.9. The molecule has 13 heteroatoms. The van der Waals surface area contributed by atoms with E-state index in [0.717, 1.165) is 70.0 Å². The average molecular weight is 631 g/mol. The van der Waals surface area contributed by atoms with Crippen LogP contribution in [0.15, 0.2) is 36.7 Å². The lowest BCUT2D eigenvalue weighted by Gasteiger charge is -2.35. The van der Waals surface area contributed by atoms with E-state index in [2.05, 4.69) is 25.4 Å². The molecule has 0 unspecified atom stereocenters. The third kappa shape index (κ3) is 5.77. The summed E-state index contributed by atoms with van der Waals surface area (Å²) in [5.41, 5.74) is 3.59. The first-order chi connectivity index (χ1) is 21.7. The number of fused-ring (bicyclic) bond motifs is 1. The minimum absolute atomic E-state index is 0.0282. The summed E-state index contributed by atoms with van der Waals surface area (Å²) < 4.78 is 11.0. The van der Waals surface area contributed by atoms with E-state index < -0.39 is 5.41 Å². The van der Waals surface area contributed by atoms with Crippen LogP contribution in [0, 0.1) is 6.92 Å². The summed E-state index contributed by atoms with van der Waals surface area (Å²) in [6.45, 7) is 8.11. The second kappa shape index (κ2) is 12.6. The number of aryl methyl sites for hydroxylation is 1. The smallest absolute Gasteiger partial charge is 0.238 e. The fourth-order valence-corrected chi connectivity index (χ4v) is 6.88. The van der Waals surface area contributed by atoms with Gasteiger partial charge in [0.1, 0.15) is 40.2 Å². The van der Waals surface area contributed by atoms with Crippen molar-refractivity contribution < 1.29 is 19.4 Å². The van der Waals surface area contributed by atoms with Gasteiger partial charge in [-0.2, -0.15) is 0 Å². The number of rotatable bonds is 10. The molecule has 3 aromatic heterocycles. The summed E-state index contributed by atoms with van der Waals surface area (Å²) in [5.74, 6) is 2.93. The number of hydrogen-bond acceptors (Lipinski definition) is 12. The van der Waals surface area contributed by atoms with E-state index in [0.29, 0.717) is 30.4 Å². The minimum Gasteiger partial charge on any atom is -0.497 e. The molecule has 2 aliphatic rings. The van der Waals surface area contributed by atoms with E-state index >= 15 is 0 Å². The summed E-state index contributed by atoms with van der Waals surface area (Å²) in [5, 5.41) is 22.9. The SMILES string of the molecule is COc1ccc(CN2C(=O)C(C)(C)c3c(N4CCC(c5nc(-c6nnc(C)s6)ccc5NCCO)CC4)ncnc32)c(OC)c1. The highest BCUT2D eigenvalue weighted by Gasteiger charge is 2.48. The second-order valence-corrected chi connectivity index (χ2v) is 12.9. The third-order valence-electron chi connectivity index (χ3n) is 8.57. The van der Waals surface area contributed by atoms with E-state index in [1.54, 1.807) is 25.4 Å². The van der Waals surface area contributed by atoms with Crippen molar-refractivity contribution in [3.8, 4) is 22.2 Å². The summed E-state index contributed by atoms with van der Waals surface area (Å²) in [4.78, 5) is 32.3. The molecule has 2 N–H and O–H groups in total. The highest BCUT2D eigenvalue weighted by Crippen LogP contribution is 2.47. The Morgan fingerprint density at radius 2 is 1.84 bits per heavy atom. The van der Waals surface area contributed by atoms with Crippen molar-refractivity contribution in [1.29, 1.82) is 0 Å². The molecular formula is C32H38N8O4S. The van der Waals surface area contributed by atoms with Crippen LogP contribution in [0.2, 0.25) is 0 Å². The molecule has 0 spiro atoms. The maximum absolute atomic E-state index is 13.9. The average Bonchev–Trinajstić information content (AvgIpc) is 3.58. The molecule has 2 aliphatic heterocycles. The van der Waals surface area contributed by atoms with Crippen LogP contribution in [0.5, 0.6) is 11.5 Å². The molecule has 12 nitrogen and oxygen atoms in total. The van der Waals surface area contributed by atoms with Crippen LogP contribution in [0.3, 0.4) is 0 Å². The lowest BCUT2D eigenvalue weighted by Crippen LogP contribution is -2.38. The van der Waals surface area contributed by atoms with Gasteiger partial charge in [0.15, 0.2) is 5.01 Å². The normalized spacial score (nSPS) is 16.2. The molecule has 0 saturated carbocycles. The molecule has 1 saturated heterocycles. The van der Waals surface area contributed by atoms with Crippen molar-refractivity contribution in [2.75, 3.05) is 55.6 Å². The number of benzene rings is 1. The topological polar surface area (TPSA) is 139 Å². The van der Waals surface area contributed by atoms with Crippen LogP contribution in [0.25, 0.3) is 10.7 Å². The fourth-order valence-electron chi connectivity index (χ4n) is 6.22. The number of anilines is 3. The Hall–Kier alpha value is -4.36. The highest BCUT2D eigenvalue weighted by atomic mass is 32.1. The number of nitrogens with zero attached hydrogens (tertiary/aromatic N) is 7. The molecular weight excluding hydrogens is 592 g/mol. The summed E-state index contributed by atoms with van der Waals surface area (Å²) in [7, 11) is 3.22. The summed E-state index contributed by atoms with van der Waals surface area (Å²) in [6, 6.07) is 9.58. The number of aliphatic hydroxyl groups is 1. The molecule has 6 rings (SSSR count). The number of nitrogens with one attached hydrogen (secondary N) is 1. The number of amides is 1. The van der Waals surface area contributed by atoms with Crippen molar-refractivity contribution >= 4 is 34.6 Å². The fraction of sp³-hybridized carbons (Fsp3) is 0.438. The van der Waals surface area contributed by atoms with E-state index in [-0.39, 0.29) is 18.4 Å². The Balaban J connectivity index is 1.26. The number of ether oxygens (including phenoxy) is 2. The zero-order chi connectivity index (χ0) is 31.7. The van der Waals surface area contributed by atoms with E-state index in [9.17, 15) is 9.90 Å². The maximum Gasteiger partial charge on any atom is 0.238 e. The Morgan fingerprint density at radius 1 is 1.07 bits per heavy atom. The Labute approximate surface area is 266 Å². The quantitative estimate of drug-likeness (QED) is 0.259. The van der Waals surface area contributed by atoms with Crippen LogP contribution in [-0.4, -0.2) is 76.6 Å². The number of hydrogen-bond donors (Lipinski definition) is 2. The monoisotopic (exact) mass is 630 g/mol. The maximum atomic E-state index is 13.9. The zero-order valence-corrected chi connectivity index (χ0v) is 27.0. The molecule has 45 heavy (non-hydrogen) atoms. The molecule has 0 atom stereocenters. The van der Waals surface area contributed by atoms with Gasteiger partial charge in [-0.3, -0.25) is 9.69 Å². The first-order valence-electron chi connectivity index (χ1n) is 15.0. The number of pyridine rings is 1. The minimum atomic E-state index is -0.806.